The van der Waals surface area contributed by atoms with Gasteiger partial charge in [0, 0.05) is 30.4 Å². The van der Waals surface area contributed by atoms with Crippen molar-refractivity contribution >= 4 is 27.5 Å². The van der Waals surface area contributed by atoms with Crippen molar-refractivity contribution in [2.45, 2.75) is 24.0 Å². The van der Waals surface area contributed by atoms with Crippen LogP contribution in [0.1, 0.15) is 13.8 Å². The topological polar surface area (TPSA) is 67.3 Å². The van der Waals surface area contributed by atoms with Crippen LogP contribution in [-0.4, -0.2) is 54.1 Å². The number of sulfone groups is 1. The summed E-state index contributed by atoms with van der Waals surface area (Å²) in [5.74, 6) is 0.654. The molecule has 5 nitrogen and oxygen atoms in total. The average Bonchev–Trinajstić information content (AvgIpc) is 2.33. The van der Waals surface area contributed by atoms with E-state index in [9.17, 15) is 13.2 Å². The van der Waals surface area contributed by atoms with Crippen molar-refractivity contribution in [3.8, 4) is 0 Å². The van der Waals surface area contributed by atoms with Crippen LogP contribution in [0.5, 0.6) is 0 Å². The Hall–Kier alpha value is -1.08. The Bertz CT molecular complexity index is 581. The molecule has 0 spiro atoms. The number of pyridine rings is 1. The summed E-state index contributed by atoms with van der Waals surface area (Å²) in [5.41, 5.74) is 0. The summed E-state index contributed by atoms with van der Waals surface area (Å²) in [5, 5.41) is -0.380. The molecule has 0 atom stereocenters. The molecule has 116 valence electrons. The second-order valence-corrected chi connectivity index (χ2v) is 8.99. The zero-order valence-electron chi connectivity index (χ0n) is 12.2. The molecule has 2 heterocycles. The van der Waals surface area contributed by atoms with Gasteiger partial charge in [-0.2, -0.15) is 0 Å². The lowest BCUT2D eigenvalue weighted by molar-refractivity contribution is -0.131. The van der Waals surface area contributed by atoms with Crippen molar-refractivity contribution in [1.82, 2.24) is 9.88 Å². The van der Waals surface area contributed by atoms with Gasteiger partial charge in [0.1, 0.15) is 0 Å². The number of carbonyl (C=O) groups excluding carboxylic acids is 1. The molecule has 21 heavy (non-hydrogen) atoms. The van der Waals surface area contributed by atoms with E-state index in [0.717, 1.165) is 4.90 Å². The molecule has 0 saturated carbocycles. The Labute approximate surface area is 130 Å². The molecule has 1 fully saturated rings. The molecule has 1 aliphatic rings. The monoisotopic (exact) mass is 328 g/mol. The van der Waals surface area contributed by atoms with Crippen LogP contribution in [0.15, 0.2) is 29.4 Å². The van der Waals surface area contributed by atoms with E-state index in [1.54, 1.807) is 17.3 Å². The van der Waals surface area contributed by atoms with Gasteiger partial charge in [0.2, 0.25) is 5.91 Å². The second-order valence-electron chi connectivity index (χ2n) is 5.62. The third kappa shape index (κ3) is 4.44. The van der Waals surface area contributed by atoms with Crippen molar-refractivity contribution in [3.63, 3.8) is 0 Å². The molecule has 0 radical (unpaired) electrons. The molecule has 0 aliphatic carbocycles. The van der Waals surface area contributed by atoms with E-state index >= 15 is 0 Å². The maximum absolute atomic E-state index is 12.0. The van der Waals surface area contributed by atoms with Crippen LogP contribution in [0.4, 0.5) is 0 Å². The molecule has 2 rings (SSSR count). The molecule has 0 aromatic carbocycles. The third-order valence-electron chi connectivity index (χ3n) is 3.29. The largest absolute Gasteiger partial charge is 0.339 e. The molecular weight excluding hydrogens is 308 g/mol. The quantitative estimate of drug-likeness (QED) is 0.740. The Kier molecular flexibility index (Phi) is 5.27. The lowest BCUT2D eigenvalue weighted by atomic mass is 10.2. The molecule has 0 bridgehead atoms. The summed E-state index contributed by atoms with van der Waals surface area (Å²) >= 11 is 1.44. The summed E-state index contributed by atoms with van der Waals surface area (Å²) in [7, 11) is -3.07. The number of rotatable bonds is 6. The Morgan fingerprint density at radius 3 is 2.57 bits per heavy atom. The molecule has 1 amide bonds. The summed E-state index contributed by atoms with van der Waals surface area (Å²) < 4.78 is 24.0. The summed E-state index contributed by atoms with van der Waals surface area (Å²) in [6.07, 6.45) is 3.37. The first-order valence-corrected chi connectivity index (χ1v) is 9.61. The number of nitrogens with zero attached hydrogens (tertiary/aromatic N) is 2. The van der Waals surface area contributed by atoms with Crippen LogP contribution in [0.25, 0.3) is 0 Å². The van der Waals surface area contributed by atoms with Crippen molar-refractivity contribution < 1.29 is 13.2 Å². The third-order valence-corrected chi connectivity index (χ3v) is 6.73. The van der Waals surface area contributed by atoms with Crippen molar-refractivity contribution in [1.29, 1.82) is 0 Å². The highest BCUT2D eigenvalue weighted by Crippen LogP contribution is 2.22. The van der Waals surface area contributed by atoms with Gasteiger partial charge < -0.3 is 4.90 Å². The highest BCUT2D eigenvalue weighted by atomic mass is 32.2. The molecule has 1 aromatic rings. The zero-order valence-corrected chi connectivity index (χ0v) is 13.9. The van der Waals surface area contributed by atoms with Crippen molar-refractivity contribution in [2.24, 2.45) is 5.92 Å². The van der Waals surface area contributed by atoms with Crippen LogP contribution < -0.4 is 0 Å². The standard InChI is InChI=1S/C14H20N2O3S2/c1-11(2)10-21(18,19)13-7-16(8-13)14(17)9-20-12-3-5-15-6-4-12/h3-6,11,13H,7-10H2,1-2H3. The minimum absolute atomic E-state index is 0.00666. The normalized spacial score (nSPS) is 16.0. The average molecular weight is 328 g/mol. The predicted molar refractivity (Wildman–Crippen MR) is 84.0 cm³/mol. The van der Waals surface area contributed by atoms with Gasteiger partial charge in [-0.05, 0) is 18.1 Å². The van der Waals surface area contributed by atoms with Crippen LogP contribution in [-0.2, 0) is 14.6 Å². The first-order valence-electron chi connectivity index (χ1n) is 6.90. The van der Waals surface area contributed by atoms with E-state index in [1.807, 2.05) is 26.0 Å². The van der Waals surface area contributed by atoms with E-state index in [2.05, 4.69) is 4.98 Å². The zero-order chi connectivity index (χ0) is 15.5. The SMILES string of the molecule is CC(C)CS(=O)(=O)C1CN(C(=O)CSc2ccncc2)C1. The number of amides is 1. The number of hydrogen-bond donors (Lipinski definition) is 0. The number of carbonyl (C=O) groups is 1. The lowest BCUT2D eigenvalue weighted by Gasteiger charge is -2.38. The van der Waals surface area contributed by atoms with Crippen LogP contribution in [0.3, 0.4) is 0 Å². The van der Waals surface area contributed by atoms with Gasteiger partial charge in [0.25, 0.3) is 0 Å². The number of thioether (sulfide) groups is 1. The number of likely N-dealkylation sites (tertiary alicyclic amines) is 1. The van der Waals surface area contributed by atoms with Crippen LogP contribution in [0.2, 0.25) is 0 Å². The second kappa shape index (κ2) is 6.79. The predicted octanol–water partition coefficient (Wildman–Crippen LogP) is 1.46. The molecule has 0 unspecified atom stereocenters. The molecule has 1 aromatic heterocycles. The highest BCUT2D eigenvalue weighted by molar-refractivity contribution is 8.00. The Morgan fingerprint density at radius 1 is 1.38 bits per heavy atom. The highest BCUT2D eigenvalue weighted by Gasteiger charge is 2.39. The van der Waals surface area contributed by atoms with E-state index in [-0.39, 0.29) is 22.8 Å². The van der Waals surface area contributed by atoms with Crippen LogP contribution in [0, 0.1) is 5.92 Å². The van der Waals surface area contributed by atoms with Gasteiger partial charge in [-0.1, -0.05) is 13.8 Å². The fourth-order valence-electron chi connectivity index (χ4n) is 2.14. The maximum Gasteiger partial charge on any atom is 0.233 e. The smallest absolute Gasteiger partial charge is 0.233 e. The first kappa shape index (κ1) is 16.3. The Morgan fingerprint density at radius 2 is 2.00 bits per heavy atom. The lowest BCUT2D eigenvalue weighted by Crippen LogP contribution is -2.58. The molecular formula is C14H20N2O3S2. The van der Waals surface area contributed by atoms with Gasteiger partial charge in [-0.15, -0.1) is 11.8 Å². The molecule has 7 heteroatoms. The summed E-state index contributed by atoms with van der Waals surface area (Å²) in [4.78, 5) is 18.5. The van der Waals surface area contributed by atoms with Gasteiger partial charge in [-0.25, -0.2) is 8.42 Å². The van der Waals surface area contributed by atoms with Gasteiger partial charge in [0.05, 0.1) is 16.8 Å². The first-order chi connectivity index (χ1) is 9.88. The maximum atomic E-state index is 12.0. The summed E-state index contributed by atoms with van der Waals surface area (Å²) in [6, 6.07) is 3.70. The van der Waals surface area contributed by atoms with Gasteiger partial charge in [0.15, 0.2) is 9.84 Å². The van der Waals surface area contributed by atoms with E-state index in [1.165, 1.54) is 11.8 Å². The van der Waals surface area contributed by atoms with Gasteiger partial charge >= 0.3 is 0 Å². The van der Waals surface area contributed by atoms with Crippen molar-refractivity contribution in [2.75, 3.05) is 24.6 Å². The minimum Gasteiger partial charge on any atom is -0.339 e. The number of aromatic nitrogens is 1. The fraction of sp³-hybridized carbons (Fsp3) is 0.571. The fourth-order valence-corrected chi connectivity index (χ4v) is 4.94. The van der Waals surface area contributed by atoms with Crippen LogP contribution >= 0.6 is 11.8 Å². The molecule has 0 N–H and O–H groups in total. The van der Waals surface area contributed by atoms with E-state index in [0.29, 0.717) is 18.8 Å². The molecule has 1 saturated heterocycles. The number of hydrogen-bond acceptors (Lipinski definition) is 5. The Balaban J connectivity index is 1.78. The summed E-state index contributed by atoms with van der Waals surface area (Å²) in [6.45, 7) is 4.46. The van der Waals surface area contributed by atoms with Crippen molar-refractivity contribution in [3.05, 3.63) is 24.5 Å². The van der Waals surface area contributed by atoms with Gasteiger partial charge in [-0.3, -0.25) is 9.78 Å². The minimum atomic E-state index is -3.07. The van der Waals surface area contributed by atoms with E-state index < -0.39 is 9.84 Å². The molecule has 1 aliphatic heterocycles. The van der Waals surface area contributed by atoms with E-state index in [4.69, 9.17) is 0 Å².